The number of rotatable bonds is 2. The molecule has 106 valence electrons. The summed E-state index contributed by atoms with van der Waals surface area (Å²) in [6.07, 6.45) is 0. The summed E-state index contributed by atoms with van der Waals surface area (Å²) in [4.78, 5) is 0. The zero-order valence-electron chi connectivity index (χ0n) is 12.6. The van der Waals surface area contributed by atoms with Crippen molar-refractivity contribution in [1.29, 1.82) is 0 Å². The highest BCUT2D eigenvalue weighted by atomic mass is 35.5. The van der Waals surface area contributed by atoms with E-state index in [1.54, 1.807) is 0 Å². The van der Waals surface area contributed by atoms with Crippen LogP contribution >= 0.6 is 23.2 Å². The van der Waals surface area contributed by atoms with Gasteiger partial charge in [-0.2, -0.15) is 0 Å². The molecule has 1 atom stereocenters. The zero-order valence-corrected chi connectivity index (χ0v) is 14.2. The van der Waals surface area contributed by atoms with E-state index in [1.807, 2.05) is 24.3 Å². The molecule has 20 heavy (non-hydrogen) atoms. The molecule has 2 rings (SSSR count). The van der Waals surface area contributed by atoms with Gasteiger partial charge in [0.05, 0.1) is 5.38 Å². The predicted octanol–water partition coefficient (Wildman–Crippen LogP) is 6.21. The first-order valence-electron chi connectivity index (χ1n) is 6.81. The van der Waals surface area contributed by atoms with Crippen LogP contribution in [0.2, 0.25) is 5.02 Å². The second-order valence-electron chi connectivity index (χ2n) is 5.45. The van der Waals surface area contributed by atoms with Gasteiger partial charge in [-0.05, 0) is 85.7 Å². The third-order valence-electron chi connectivity index (χ3n) is 4.47. The maximum atomic E-state index is 6.75. The predicted molar refractivity (Wildman–Crippen MR) is 89.3 cm³/mol. The van der Waals surface area contributed by atoms with Crippen LogP contribution in [-0.4, -0.2) is 0 Å². The molecule has 0 amide bonds. The minimum Gasteiger partial charge on any atom is -0.113 e. The first kappa shape index (κ1) is 15.4. The highest BCUT2D eigenvalue weighted by Crippen LogP contribution is 2.37. The molecule has 1 unspecified atom stereocenters. The molecule has 0 aliphatic heterocycles. The summed E-state index contributed by atoms with van der Waals surface area (Å²) >= 11 is 12.7. The Morgan fingerprint density at radius 1 is 0.700 bits per heavy atom. The van der Waals surface area contributed by atoms with Crippen LogP contribution < -0.4 is 0 Å². The zero-order chi connectivity index (χ0) is 15.0. The fourth-order valence-corrected chi connectivity index (χ4v) is 3.31. The first-order chi connectivity index (χ1) is 9.34. The lowest BCUT2D eigenvalue weighted by atomic mass is 9.86. The van der Waals surface area contributed by atoms with Gasteiger partial charge in [0.1, 0.15) is 0 Å². The quantitative estimate of drug-likeness (QED) is 0.579. The van der Waals surface area contributed by atoms with Crippen LogP contribution in [0.1, 0.15) is 44.3 Å². The van der Waals surface area contributed by atoms with Gasteiger partial charge in [0.25, 0.3) is 0 Å². The number of halogens is 2. The summed E-state index contributed by atoms with van der Waals surface area (Å²) in [5, 5.41) is 0.604. The lowest BCUT2D eigenvalue weighted by molar-refractivity contribution is 1.04. The van der Waals surface area contributed by atoms with Gasteiger partial charge in [0.2, 0.25) is 0 Å². The Kier molecular flexibility index (Phi) is 4.46. The molecule has 2 aromatic rings. The van der Waals surface area contributed by atoms with Crippen molar-refractivity contribution >= 4 is 23.2 Å². The van der Waals surface area contributed by atoms with Gasteiger partial charge < -0.3 is 0 Å². The van der Waals surface area contributed by atoms with E-state index in [4.69, 9.17) is 23.2 Å². The molecule has 0 aliphatic carbocycles. The van der Waals surface area contributed by atoms with Gasteiger partial charge in [-0.1, -0.05) is 23.7 Å². The standard InChI is InChI=1S/C18H20Cl2/c1-10-11(2)13(4)17(14(5)12(10)3)18(20)15-6-8-16(19)9-7-15/h6-9,18H,1-5H3. The molecule has 0 aromatic heterocycles. The van der Waals surface area contributed by atoms with Crippen LogP contribution in [0.25, 0.3) is 0 Å². The molecule has 0 radical (unpaired) electrons. The Labute approximate surface area is 131 Å². The lowest BCUT2D eigenvalue weighted by Gasteiger charge is -2.22. The van der Waals surface area contributed by atoms with Crippen LogP contribution in [0.5, 0.6) is 0 Å². The molecule has 0 heterocycles. The van der Waals surface area contributed by atoms with Crippen LogP contribution in [-0.2, 0) is 0 Å². The van der Waals surface area contributed by atoms with E-state index in [1.165, 1.54) is 33.4 Å². The van der Waals surface area contributed by atoms with Crippen molar-refractivity contribution in [2.45, 2.75) is 40.0 Å². The highest BCUT2D eigenvalue weighted by molar-refractivity contribution is 6.30. The topological polar surface area (TPSA) is 0 Å². The van der Waals surface area contributed by atoms with Gasteiger partial charge in [0, 0.05) is 5.02 Å². The molecule has 0 saturated heterocycles. The molecule has 0 bridgehead atoms. The normalized spacial score (nSPS) is 12.6. The van der Waals surface area contributed by atoms with Crippen LogP contribution in [0.3, 0.4) is 0 Å². The molecule has 2 aromatic carbocycles. The average Bonchev–Trinajstić information content (AvgIpc) is 2.44. The minimum absolute atomic E-state index is 0.134. The van der Waals surface area contributed by atoms with E-state index in [0.717, 1.165) is 10.6 Å². The molecule has 2 heteroatoms. The Hall–Kier alpha value is -0.980. The largest absolute Gasteiger partial charge is 0.113 e. The third-order valence-corrected chi connectivity index (χ3v) is 5.20. The van der Waals surface area contributed by atoms with E-state index in [0.29, 0.717) is 0 Å². The van der Waals surface area contributed by atoms with Crippen LogP contribution in [0, 0.1) is 34.6 Å². The molecule has 0 N–H and O–H groups in total. The number of alkyl halides is 1. The van der Waals surface area contributed by atoms with Crippen molar-refractivity contribution in [3.8, 4) is 0 Å². The van der Waals surface area contributed by atoms with Crippen molar-refractivity contribution in [3.63, 3.8) is 0 Å². The van der Waals surface area contributed by atoms with E-state index in [9.17, 15) is 0 Å². The maximum Gasteiger partial charge on any atom is 0.0840 e. The molecule has 0 spiro atoms. The first-order valence-corrected chi connectivity index (χ1v) is 7.62. The van der Waals surface area contributed by atoms with E-state index < -0.39 is 0 Å². The summed E-state index contributed by atoms with van der Waals surface area (Å²) in [6.45, 7) is 10.9. The summed E-state index contributed by atoms with van der Waals surface area (Å²) < 4.78 is 0. The molecule has 0 aliphatic rings. The summed E-state index contributed by atoms with van der Waals surface area (Å²) in [5.41, 5.74) is 8.94. The molecule has 0 saturated carbocycles. The highest BCUT2D eigenvalue weighted by Gasteiger charge is 2.20. The van der Waals surface area contributed by atoms with Gasteiger partial charge in [0.15, 0.2) is 0 Å². The van der Waals surface area contributed by atoms with Gasteiger partial charge in [-0.15, -0.1) is 11.6 Å². The monoisotopic (exact) mass is 306 g/mol. The number of benzene rings is 2. The SMILES string of the molecule is Cc1c(C)c(C)c(C(Cl)c2ccc(Cl)cc2)c(C)c1C. The van der Waals surface area contributed by atoms with Crippen molar-refractivity contribution in [3.05, 3.63) is 68.2 Å². The van der Waals surface area contributed by atoms with Crippen molar-refractivity contribution in [1.82, 2.24) is 0 Å². The fourth-order valence-electron chi connectivity index (χ4n) is 2.71. The number of hydrogen-bond donors (Lipinski definition) is 0. The fraction of sp³-hybridized carbons (Fsp3) is 0.333. The Balaban J connectivity index is 2.60. The van der Waals surface area contributed by atoms with Crippen LogP contribution in [0.4, 0.5) is 0 Å². The second-order valence-corrected chi connectivity index (χ2v) is 6.33. The summed E-state index contributed by atoms with van der Waals surface area (Å²) in [5.74, 6) is 0. The van der Waals surface area contributed by atoms with E-state index in [2.05, 4.69) is 34.6 Å². The summed E-state index contributed by atoms with van der Waals surface area (Å²) in [7, 11) is 0. The minimum atomic E-state index is -0.134. The average molecular weight is 307 g/mol. The molecule has 0 fully saturated rings. The molecule has 0 nitrogen and oxygen atoms in total. The van der Waals surface area contributed by atoms with Gasteiger partial charge >= 0.3 is 0 Å². The molecular weight excluding hydrogens is 287 g/mol. The van der Waals surface area contributed by atoms with Crippen molar-refractivity contribution in [2.75, 3.05) is 0 Å². The maximum absolute atomic E-state index is 6.75. The third kappa shape index (κ3) is 2.60. The smallest absolute Gasteiger partial charge is 0.0840 e. The lowest BCUT2D eigenvalue weighted by Crippen LogP contribution is -2.06. The Morgan fingerprint density at radius 3 is 1.55 bits per heavy atom. The van der Waals surface area contributed by atoms with Crippen molar-refractivity contribution in [2.24, 2.45) is 0 Å². The Bertz CT molecular complexity index is 610. The molecular formula is C18H20Cl2. The number of hydrogen-bond acceptors (Lipinski definition) is 0. The second kappa shape index (κ2) is 5.79. The summed E-state index contributed by atoms with van der Waals surface area (Å²) in [6, 6.07) is 7.79. The Morgan fingerprint density at radius 2 is 1.10 bits per heavy atom. The van der Waals surface area contributed by atoms with Crippen LogP contribution in [0.15, 0.2) is 24.3 Å². The van der Waals surface area contributed by atoms with Gasteiger partial charge in [-0.25, -0.2) is 0 Å². The van der Waals surface area contributed by atoms with E-state index in [-0.39, 0.29) is 5.38 Å². The van der Waals surface area contributed by atoms with Crippen molar-refractivity contribution < 1.29 is 0 Å². The van der Waals surface area contributed by atoms with Gasteiger partial charge in [-0.3, -0.25) is 0 Å². The van der Waals surface area contributed by atoms with E-state index >= 15 is 0 Å².